The standard InChI is InChI=1S/C20H22FN3O5S/c1-14(25)23-18-8-7-16(11-17(18)21)30(27,28)22-12-20(26)24-9-10-29-19(13-24)15-5-3-2-4-6-15/h2-8,11,19,22H,9-10,12-13H2,1H3,(H,23,25). The van der Waals surface area contributed by atoms with Gasteiger partial charge in [-0.25, -0.2) is 17.5 Å². The van der Waals surface area contributed by atoms with E-state index < -0.39 is 34.2 Å². The Bertz CT molecular complexity index is 1030. The van der Waals surface area contributed by atoms with Crippen LogP contribution in [-0.2, 0) is 24.3 Å². The molecule has 30 heavy (non-hydrogen) atoms. The van der Waals surface area contributed by atoms with E-state index in [0.717, 1.165) is 23.8 Å². The van der Waals surface area contributed by atoms with Gasteiger partial charge in [0.05, 0.1) is 30.3 Å². The number of halogens is 1. The fourth-order valence-corrected chi connectivity index (χ4v) is 4.04. The fourth-order valence-electron chi connectivity index (χ4n) is 3.05. The number of amides is 2. The summed E-state index contributed by atoms with van der Waals surface area (Å²) < 4.78 is 46.8. The van der Waals surface area contributed by atoms with Gasteiger partial charge in [0.25, 0.3) is 0 Å². The smallest absolute Gasteiger partial charge is 0.241 e. The molecule has 1 aliphatic rings. The van der Waals surface area contributed by atoms with Crippen LogP contribution in [0.25, 0.3) is 0 Å². The van der Waals surface area contributed by atoms with Crippen molar-refractivity contribution in [2.45, 2.75) is 17.9 Å². The van der Waals surface area contributed by atoms with E-state index in [1.165, 1.54) is 11.8 Å². The number of rotatable bonds is 6. The van der Waals surface area contributed by atoms with Crippen LogP contribution in [-0.4, -0.2) is 51.4 Å². The second-order valence-corrected chi connectivity index (χ2v) is 8.52. The Morgan fingerprint density at radius 2 is 1.93 bits per heavy atom. The van der Waals surface area contributed by atoms with Crippen LogP contribution < -0.4 is 10.0 Å². The van der Waals surface area contributed by atoms with E-state index in [0.29, 0.717) is 19.7 Å². The normalized spacial score (nSPS) is 16.9. The average molecular weight is 435 g/mol. The van der Waals surface area contributed by atoms with E-state index in [2.05, 4.69) is 10.0 Å². The summed E-state index contributed by atoms with van der Waals surface area (Å²) in [4.78, 5) is 24.7. The molecule has 1 atom stereocenters. The minimum atomic E-state index is -4.11. The highest BCUT2D eigenvalue weighted by Crippen LogP contribution is 2.22. The molecular formula is C20H22FN3O5S. The van der Waals surface area contributed by atoms with Gasteiger partial charge in [-0.15, -0.1) is 0 Å². The Labute approximate surface area is 174 Å². The van der Waals surface area contributed by atoms with Crippen LogP contribution >= 0.6 is 0 Å². The van der Waals surface area contributed by atoms with Gasteiger partial charge in [-0.2, -0.15) is 0 Å². The number of hydrogen-bond acceptors (Lipinski definition) is 5. The van der Waals surface area contributed by atoms with Crippen molar-refractivity contribution in [3.05, 3.63) is 59.9 Å². The van der Waals surface area contributed by atoms with Gasteiger partial charge >= 0.3 is 0 Å². The third-order valence-electron chi connectivity index (χ3n) is 4.57. The van der Waals surface area contributed by atoms with Crippen molar-refractivity contribution in [1.29, 1.82) is 0 Å². The summed E-state index contributed by atoms with van der Waals surface area (Å²) in [5.74, 6) is -1.77. The van der Waals surface area contributed by atoms with E-state index >= 15 is 0 Å². The lowest BCUT2D eigenvalue weighted by Gasteiger charge is -2.33. The zero-order valence-electron chi connectivity index (χ0n) is 16.3. The molecule has 0 aromatic heterocycles. The number of carbonyl (C=O) groups is 2. The minimum Gasteiger partial charge on any atom is -0.370 e. The summed E-state index contributed by atoms with van der Waals surface area (Å²) in [5, 5.41) is 2.26. The number of ether oxygens (including phenoxy) is 1. The maximum Gasteiger partial charge on any atom is 0.241 e. The number of anilines is 1. The first-order valence-corrected chi connectivity index (χ1v) is 10.8. The third-order valence-corrected chi connectivity index (χ3v) is 5.96. The van der Waals surface area contributed by atoms with Gasteiger partial charge in [-0.1, -0.05) is 30.3 Å². The molecule has 1 saturated heterocycles. The molecule has 0 radical (unpaired) electrons. The van der Waals surface area contributed by atoms with Crippen molar-refractivity contribution in [3.63, 3.8) is 0 Å². The van der Waals surface area contributed by atoms with Crippen LogP contribution in [0.3, 0.4) is 0 Å². The predicted octanol–water partition coefficient (Wildman–Crippen LogP) is 1.66. The number of nitrogens with zero attached hydrogens (tertiary/aromatic N) is 1. The minimum absolute atomic E-state index is 0.127. The number of hydrogen-bond donors (Lipinski definition) is 2. The highest BCUT2D eigenvalue weighted by molar-refractivity contribution is 7.89. The van der Waals surface area contributed by atoms with Crippen molar-refractivity contribution in [3.8, 4) is 0 Å². The lowest BCUT2D eigenvalue weighted by molar-refractivity contribution is -0.137. The maximum absolute atomic E-state index is 14.0. The SMILES string of the molecule is CC(=O)Nc1ccc(S(=O)(=O)NCC(=O)N2CCOC(c3ccccc3)C2)cc1F. The number of morpholine rings is 1. The monoisotopic (exact) mass is 435 g/mol. The summed E-state index contributed by atoms with van der Waals surface area (Å²) in [6, 6.07) is 12.5. The number of benzene rings is 2. The van der Waals surface area contributed by atoms with Crippen LogP contribution in [0.2, 0.25) is 0 Å². The molecular weight excluding hydrogens is 413 g/mol. The van der Waals surface area contributed by atoms with Crippen molar-refractivity contribution < 1.29 is 27.1 Å². The first-order valence-electron chi connectivity index (χ1n) is 9.27. The number of nitrogens with one attached hydrogen (secondary N) is 2. The van der Waals surface area contributed by atoms with Gasteiger partial charge in [0, 0.05) is 13.5 Å². The van der Waals surface area contributed by atoms with Crippen molar-refractivity contribution in [2.24, 2.45) is 0 Å². The lowest BCUT2D eigenvalue weighted by atomic mass is 10.1. The van der Waals surface area contributed by atoms with Crippen molar-refractivity contribution in [1.82, 2.24) is 9.62 Å². The van der Waals surface area contributed by atoms with Gasteiger partial charge in [0.2, 0.25) is 21.8 Å². The lowest BCUT2D eigenvalue weighted by Crippen LogP contribution is -2.46. The fraction of sp³-hybridized carbons (Fsp3) is 0.300. The summed E-state index contributed by atoms with van der Waals surface area (Å²) in [5.41, 5.74) is 0.808. The van der Waals surface area contributed by atoms with Crippen LogP contribution in [0.15, 0.2) is 53.4 Å². The molecule has 8 nitrogen and oxygen atoms in total. The van der Waals surface area contributed by atoms with E-state index in [1.54, 1.807) is 0 Å². The highest BCUT2D eigenvalue weighted by Gasteiger charge is 2.26. The molecule has 160 valence electrons. The quantitative estimate of drug-likeness (QED) is 0.718. The molecule has 2 aromatic rings. The van der Waals surface area contributed by atoms with E-state index in [9.17, 15) is 22.4 Å². The van der Waals surface area contributed by atoms with E-state index in [1.807, 2.05) is 30.3 Å². The Hall–Kier alpha value is -2.82. The molecule has 1 fully saturated rings. The second-order valence-electron chi connectivity index (χ2n) is 6.76. The summed E-state index contributed by atoms with van der Waals surface area (Å²) in [6.45, 7) is 1.76. The number of sulfonamides is 1. The molecule has 1 unspecified atom stereocenters. The highest BCUT2D eigenvalue weighted by atomic mass is 32.2. The van der Waals surface area contributed by atoms with Crippen LogP contribution in [0, 0.1) is 5.82 Å². The molecule has 0 saturated carbocycles. The molecule has 1 heterocycles. The van der Waals surface area contributed by atoms with Gasteiger partial charge in [-0.3, -0.25) is 9.59 Å². The van der Waals surface area contributed by atoms with Gasteiger partial charge in [0.1, 0.15) is 11.9 Å². The third kappa shape index (κ3) is 5.41. The van der Waals surface area contributed by atoms with Crippen LogP contribution in [0.1, 0.15) is 18.6 Å². The predicted molar refractivity (Wildman–Crippen MR) is 108 cm³/mol. The summed E-state index contributed by atoms with van der Waals surface area (Å²) >= 11 is 0. The zero-order chi connectivity index (χ0) is 21.7. The van der Waals surface area contributed by atoms with Gasteiger partial charge < -0.3 is 15.0 Å². The first-order chi connectivity index (χ1) is 14.3. The topological polar surface area (TPSA) is 105 Å². The Kier molecular flexibility index (Phi) is 6.80. The van der Waals surface area contributed by atoms with E-state index in [4.69, 9.17) is 4.74 Å². The first kappa shape index (κ1) is 21.9. The Balaban J connectivity index is 1.62. The summed E-state index contributed by atoms with van der Waals surface area (Å²) in [7, 11) is -4.11. The average Bonchev–Trinajstić information content (AvgIpc) is 2.74. The number of carbonyl (C=O) groups excluding carboxylic acids is 2. The van der Waals surface area contributed by atoms with Gasteiger partial charge in [-0.05, 0) is 23.8 Å². The molecule has 10 heteroatoms. The Morgan fingerprint density at radius 1 is 1.20 bits per heavy atom. The van der Waals surface area contributed by atoms with Crippen molar-refractivity contribution in [2.75, 3.05) is 31.6 Å². The summed E-state index contributed by atoms with van der Waals surface area (Å²) in [6.07, 6.45) is -0.282. The maximum atomic E-state index is 14.0. The molecule has 2 N–H and O–H groups in total. The molecule has 2 amide bonds. The zero-order valence-corrected chi connectivity index (χ0v) is 17.1. The van der Waals surface area contributed by atoms with Crippen LogP contribution in [0.5, 0.6) is 0 Å². The van der Waals surface area contributed by atoms with Gasteiger partial charge in [0.15, 0.2) is 0 Å². The largest absolute Gasteiger partial charge is 0.370 e. The molecule has 0 bridgehead atoms. The second kappa shape index (κ2) is 9.33. The van der Waals surface area contributed by atoms with E-state index in [-0.39, 0.29) is 16.7 Å². The molecule has 1 aliphatic heterocycles. The molecule has 2 aromatic carbocycles. The molecule has 3 rings (SSSR count). The van der Waals surface area contributed by atoms with Crippen LogP contribution in [0.4, 0.5) is 10.1 Å². The molecule has 0 aliphatic carbocycles. The Morgan fingerprint density at radius 3 is 2.60 bits per heavy atom. The van der Waals surface area contributed by atoms with Crippen molar-refractivity contribution >= 4 is 27.5 Å². The molecule has 0 spiro atoms.